The molecule has 1 aliphatic heterocycles. The molecule has 0 aromatic carbocycles. The monoisotopic (exact) mass is 311 g/mol. The minimum absolute atomic E-state index is 0.419. The average Bonchev–Trinajstić information content (AvgIpc) is 3.19. The van der Waals surface area contributed by atoms with Crippen molar-refractivity contribution in [3.63, 3.8) is 0 Å². The zero-order valence-electron chi connectivity index (χ0n) is 13.8. The predicted octanol–water partition coefficient (Wildman–Crippen LogP) is 1.92. The number of hydrogen-bond donors (Lipinski definition) is 0. The van der Waals surface area contributed by atoms with Crippen LogP contribution in [0, 0.1) is 20.8 Å². The van der Waals surface area contributed by atoms with Gasteiger partial charge in [0.05, 0.1) is 18.3 Å². The van der Waals surface area contributed by atoms with Gasteiger partial charge in [0.1, 0.15) is 12.1 Å². The molecule has 1 fully saturated rings. The van der Waals surface area contributed by atoms with Crippen molar-refractivity contribution in [1.82, 2.24) is 29.4 Å². The number of aryl methyl sites for hydroxylation is 3. The first-order valence-electron chi connectivity index (χ1n) is 8.07. The molecule has 0 aliphatic carbocycles. The molecule has 0 saturated carbocycles. The molecule has 4 heterocycles. The first kappa shape index (κ1) is 14.2. The van der Waals surface area contributed by atoms with Crippen LogP contribution in [0.3, 0.4) is 0 Å². The Kier molecular flexibility index (Phi) is 3.28. The fourth-order valence-corrected chi connectivity index (χ4v) is 3.50. The van der Waals surface area contributed by atoms with Crippen LogP contribution in [0.4, 0.5) is 5.82 Å². The predicted molar refractivity (Wildman–Crippen MR) is 87.6 cm³/mol. The summed E-state index contributed by atoms with van der Waals surface area (Å²) < 4.78 is 3.96. The quantitative estimate of drug-likeness (QED) is 0.739. The summed E-state index contributed by atoms with van der Waals surface area (Å²) >= 11 is 0. The van der Waals surface area contributed by atoms with Crippen LogP contribution in [-0.2, 0) is 6.54 Å². The molecule has 3 aromatic heterocycles. The van der Waals surface area contributed by atoms with E-state index in [0.717, 1.165) is 36.7 Å². The maximum atomic E-state index is 4.61. The summed E-state index contributed by atoms with van der Waals surface area (Å²) in [7, 11) is 0. The molecule has 0 N–H and O–H groups in total. The van der Waals surface area contributed by atoms with Crippen molar-refractivity contribution in [2.24, 2.45) is 0 Å². The van der Waals surface area contributed by atoms with Gasteiger partial charge < -0.3 is 4.90 Å². The van der Waals surface area contributed by atoms with Crippen molar-refractivity contribution in [2.45, 2.75) is 46.2 Å². The third kappa shape index (κ3) is 2.46. The smallest absolute Gasteiger partial charge is 0.254 e. The molecule has 0 unspecified atom stereocenters. The lowest BCUT2D eigenvalue weighted by molar-refractivity contribution is 0.495. The highest BCUT2D eigenvalue weighted by molar-refractivity contribution is 5.48. The fourth-order valence-electron chi connectivity index (χ4n) is 3.50. The zero-order chi connectivity index (χ0) is 16.0. The van der Waals surface area contributed by atoms with Crippen LogP contribution in [0.15, 0.2) is 18.5 Å². The largest absolute Gasteiger partial charge is 0.352 e. The number of fused-ring (bicyclic) bond motifs is 1. The average molecular weight is 311 g/mol. The van der Waals surface area contributed by atoms with Crippen LogP contribution in [0.1, 0.15) is 29.9 Å². The standard InChI is InChI=1S/C16H21N7/c1-11-8-15(23-16(19-11)17-10-18-23)21-6-4-5-14(21)9-22-13(3)7-12(2)20-22/h7-8,10,14H,4-6,9H2,1-3H3/t14-/m1/s1. The van der Waals surface area contributed by atoms with E-state index in [9.17, 15) is 0 Å². The van der Waals surface area contributed by atoms with Crippen molar-refractivity contribution in [3.05, 3.63) is 35.5 Å². The van der Waals surface area contributed by atoms with Gasteiger partial charge in [0.2, 0.25) is 0 Å². The molecule has 3 aromatic rings. The number of nitrogens with zero attached hydrogens (tertiary/aromatic N) is 7. The second-order valence-electron chi connectivity index (χ2n) is 6.33. The summed E-state index contributed by atoms with van der Waals surface area (Å²) in [5.74, 6) is 1.74. The lowest BCUT2D eigenvalue weighted by Crippen LogP contribution is -2.35. The Balaban J connectivity index is 1.69. The van der Waals surface area contributed by atoms with E-state index >= 15 is 0 Å². The molecule has 1 saturated heterocycles. The Morgan fingerprint density at radius 2 is 2.04 bits per heavy atom. The first-order chi connectivity index (χ1) is 11.1. The molecule has 0 spiro atoms. The van der Waals surface area contributed by atoms with Gasteiger partial charge in [-0.15, -0.1) is 0 Å². The normalized spacial score (nSPS) is 18.2. The van der Waals surface area contributed by atoms with Crippen LogP contribution < -0.4 is 4.90 Å². The molecule has 0 radical (unpaired) electrons. The number of hydrogen-bond acceptors (Lipinski definition) is 5. The van der Waals surface area contributed by atoms with E-state index in [1.807, 2.05) is 18.4 Å². The van der Waals surface area contributed by atoms with Crippen LogP contribution in [0.25, 0.3) is 5.78 Å². The third-order valence-electron chi connectivity index (χ3n) is 4.52. The van der Waals surface area contributed by atoms with E-state index in [2.05, 4.69) is 48.8 Å². The molecule has 4 rings (SSSR count). The molecule has 7 heteroatoms. The Morgan fingerprint density at radius 3 is 2.83 bits per heavy atom. The summed E-state index contributed by atoms with van der Waals surface area (Å²) in [4.78, 5) is 11.1. The van der Waals surface area contributed by atoms with Gasteiger partial charge in [0, 0.05) is 24.0 Å². The maximum absolute atomic E-state index is 4.61. The summed E-state index contributed by atoms with van der Waals surface area (Å²) in [6, 6.07) is 4.65. The molecule has 0 bridgehead atoms. The Labute approximate surface area is 135 Å². The number of aromatic nitrogens is 6. The lowest BCUT2D eigenvalue weighted by atomic mass is 10.2. The zero-order valence-corrected chi connectivity index (χ0v) is 13.8. The van der Waals surface area contributed by atoms with Gasteiger partial charge in [-0.3, -0.25) is 4.68 Å². The second-order valence-corrected chi connectivity index (χ2v) is 6.33. The summed E-state index contributed by atoms with van der Waals surface area (Å²) in [5.41, 5.74) is 3.26. The fraction of sp³-hybridized carbons (Fsp3) is 0.500. The maximum Gasteiger partial charge on any atom is 0.254 e. The van der Waals surface area contributed by atoms with Crippen molar-refractivity contribution in [3.8, 4) is 0 Å². The topological polar surface area (TPSA) is 64.1 Å². The minimum atomic E-state index is 0.419. The van der Waals surface area contributed by atoms with Crippen molar-refractivity contribution >= 4 is 11.6 Å². The summed E-state index contributed by atoms with van der Waals surface area (Å²) in [6.07, 6.45) is 3.91. The highest BCUT2D eigenvalue weighted by Crippen LogP contribution is 2.27. The van der Waals surface area contributed by atoms with Gasteiger partial charge in [0.15, 0.2) is 0 Å². The second kappa shape index (κ2) is 5.33. The Hall–Kier alpha value is -2.44. The van der Waals surface area contributed by atoms with E-state index in [0.29, 0.717) is 11.8 Å². The highest BCUT2D eigenvalue weighted by atomic mass is 15.4. The van der Waals surface area contributed by atoms with E-state index in [4.69, 9.17) is 0 Å². The van der Waals surface area contributed by atoms with Crippen LogP contribution in [0.5, 0.6) is 0 Å². The molecule has 1 aliphatic rings. The highest BCUT2D eigenvalue weighted by Gasteiger charge is 2.28. The van der Waals surface area contributed by atoms with Crippen LogP contribution >= 0.6 is 0 Å². The minimum Gasteiger partial charge on any atom is -0.352 e. The molecular formula is C16H21N7. The molecule has 1 atom stereocenters. The van der Waals surface area contributed by atoms with Crippen molar-refractivity contribution in [2.75, 3.05) is 11.4 Å². The lowest BCUT2D eigenvalue weighted by Gasteiger charge is -2.27. The van der Waals surface area contributed by atoms with Crippen LogP contribution in [-0.4, -0.2) is 41.9 Å². The van der Waals surface area contributed by atoms with Crippen molar-refractivity contribution in [1.29, 1.82) is 0 Å². The number of anilines is 1. The molecule has 0 amide bonds. The van der Waals surface area contributed by atoms with Crippen LogP contribution in [0.2, 0.25) is 0 Å². The van der Waals surface area contributed by atoms with E-state index < -0.39 is 0 Å². The Morgan fingerprint density at radius 1 is 1.17 bits per heavy atom. The van der Waals surface area contributed by atoms with Crippen molar-refractivity contribution < 1.29 is 0 Å². The van der Waals surface area contributed by atoms with Gasteiger partial charge >= 0.3 is 0 Å². The SMILES string of the molecule is Cc1cc(N2CCC[C@@H]2Cn2nc(C)cc2C)n2ncnc2n1. The Bertz CT molecular complexity index is 847. The summed E-state index contributed by atoms with van der Waals surface area (Å²) in [6.45, 7) is 8.09. The molecular weight excluding hydrogens is 290 g/mol. The molecule has 23 heavy (non-hydrogen) atoms. The van der Waals surface area contributed by atoms with Gasteiger partial charge in [-0.05, 0) is 39.7 Å². The van der Waals surface area contributed by atoms with Gasteiger partial charge in [-0.25, -0.2) is 4.98 Å². The summed E-state index contributed by atoms with van der Waals surface area (Å²) in [5, 5.41) is 8.96. The van der Waals surface area contributed by atoms with Gasteiger partial charge in [-0.1, -0.05) is 0 Å². The first-order valence-corrected chi connectivity index (χ1v) is 8.07. The molecule has 7 nitrogen and oxygen atoms in total. The molecule has 120 valence electrons. The van der Waals surface area contributed by atoms with Gasteiger partial charge in [0.25, 0.3) is 5.78 Å². The van der Waals surface area contributed by atoms with E-state index in [1.165, 1.54) is 12.1 Å². The van der Waals surface area contributed by atoms with Gasteiger partial charge in [-0.2, -0.15) is 19.7 Å². The third-order valence-corrected chi connectivity index (χ3v) is 4.52. The number of rotatable bonds is 3. The van der Waals surface area contributed by atoms with E-state index in [1.54, 1.807) is 6.33 Å². The van der Waals surface area contributed by atoms with E-state index in [-0.39, 0.29) is 0 Å².